The zero-order chi connectivity index (χ0) is 4.99. The third kappa shape index (κ3) is 3.36. The van der Waals surface area contributed by atoms with Crippen molar-refractivity contribution < 1.29 is 13.5 Å². The molecule has 0 aliphatic heterocycles. The fourth-order valence-electron chi connectivity index (χ4n) is 0.0248. The van der Waals surface area contributed by atoms with E-state index in [2.05, 4.69) is 8.62 Å². The monoisotopic (exact) mass is 146 g/mol. The van der Waals surface area contributed by atoms with E-state index in [1.165, 1.54) is 0 Å². The van der Waals surface area contributed by atoms with Crippen LogP contribution in [0.15, 0.2) is 0 Å². The van der Waals surface area contributed by atoms with E-state index < -0.39 is 8.60 Å². The highest BCUT2D eigenvalue weighted by molar-refractivity contribution is 7.50. The van der Waals surface area contributed by atoms with Gasteiger partial charge in [0.1, 0.15) is 0 Å². The molecule has 0 bridgehead atoms. The number of hydrogen-bond donors (Lipinski definition) is 1. The van der Waals surface area contributed by atoms with Gasteiger partial charge in [0.25, 0.3) is 0 Å². The van der Waals surface area contributed by atoms with Gasteiger partial charge in [0.2, 0.25) is 0 Å². The van der Waals surface area contributed by atoms with Crippen molar-refractivity contribution in [3.05, 3.63) is 0 Å². The molecule has 0 aromatic carbocycles. The Morgan fingerprint density at radius 3 is 1.67 bits per heavy atom. The van der Waals surface area contributed by atoms with E-state index in [0.29, 0.717) is 0 Å². The Balaban J connectivity index is 2.75. The Labute approximate surface area is 42.0 Å². The lowest BCUT2D eigenvalue weighted by Crippen LogP contribution is -1.62. The van der Waals surface area contributed by atoms with Crippen LogP contribution in [0.1, 0.15) is 0 Å². The lowest BCUT2D eigenvalue weighted by Gasteiger charge is -1.97. The summed E-state index contributed by atoms with van der Waals surface area (Å²) < 4.78 is 8.39. The van der Waals surface area contributed by atoms with Gasteiger partial charge in [-0.2, -0.15) is 0 Å². The second kappa shape index (κ2) is 4.33. The predicted octanol–water partition coefficient (Wildman–Crippen LogP) is 0.819. The van der Waals surface area contributed by atoms with Gasteiger partial charge >= 0.3 is 8.60 Å². The highest BCUT2D eigenvalue weighted by Gasteiger charge is 1.94. The first-order valence-electron chi connectivity index (χ1n) is 1.04. The van der Waals surface area contributed by atoms with Crippen molar-refractivity contribution in [2.45, 2.75) is 0 Å². The Kier molecular flexibility index (Phi) is 5.18. The lowest BCUT2D eigenvalue weighted by molar-refractivity contribution is 0.429. The highest BCUT2D eigenvalue weighted by atomic mass is 31.2. The average molecular weight is 146 g/mol. The van der Waals surface area contributed by atoms with Crippen molar-refractivity contribution in [2.24, 2.45) is 0 Å². The number of hydrogen-bond acceptors (Lipinski definition) is 3. The van der Waals surface area contributed by atoms with Gasteiger partial charge in [0.05, 0.1) is 0 Å². The van der Waals surface area contributed by atoms with Crippen LogP contribution in [0.25, 0.3) is 0 Å². The van der Waals surface area contributed by atoms with Crippen LogP contribution in [0.3, 0.4) is 0 Å². The summed E-state index contributed by atoms with van der Waals surface area (Å²) in [4.78, 5) is 8.25. The molecule has 0 rings (SSSR count). The van der Waals surface area contributed by atoms with Crippen LogP contribution in [-0.2, 0) is 8.62 Å². The second-order valence-corrected chi connectivity index (χ2v) is 2.61. The Hall–Kier alpha value is 1.17. The quantitative estimate of drug-likeness (QED) is 0.586. The summed E-state index contributed by atoms with van der Waals surface area (Å²) in [6.07, 6.45) is 0. The molecule has 0 saturated carbocycles. The van der Waals surface area contributed by atoms with Crippen LogP contribution < -0.4 is 0 Å². The summed E-state index contributed by atoms with van der Waals surface area (Å²) in [6, 6.07) is 0. The first kappa shape index (κ1) is 7.17. The van der Waals surface area contributed by atoms with Gasteiger partial charge < -0.3 is 4.89 Å². The third-order valence-corrected chi connectivity index (χ3v) is 1.62. The molecule has 0 aliphatic carbocycles. The topological polar surface area (TPSA) is 38.7 Å². The van der Waals surface area contributed by atoms with Gasteiger partial charge in [-0.05, 0) is 0 Å². The van der Waals surface area contributed by atoms with Gasteiger partial charge in [-0.1, -0.05) is 0 Å². The molecule has 0 heterocycles. The normalized spacial score (nSPS) is 10.0. The van der Waals surface area contributed by atoms with Gasteiger partial charge in [0, 0.05) is 18.9 Å². The van der Waals surface area contributed by atoms with Gasteiger partial charge in [-0.3, -0.25) is 8.62 Å². The zero-order valence-corrected chi connectivity index (χ0v) is 6.07. The van der Waals surface area contributed by atoms with Crippen molar-refractivity contribution in [1.29, 1.82) is 0 Å². The molecular weight excluding hydrogens is 141 g/mol. The van der Waals surface area contributed by atoms with E-state index in [0.717, 1.165) is 0 Å². The molecule has 0 fully saturated rings. The molecule has 0 amide bonds. The van der Waals surface area contributed by atoms with Crippen LogP contribution in [0.5, 0.6) is 0 Å². The largest absolute Gasteiger partial charge is 0.335 e. The summed E-state index contributed by atoms with van der Waals surface area (Å²) in [7, 11) is 2.11. The van der Waals surface area contributed by atoms with E-state index in [1.54, 1.807) is 0 Å². The SMILES string of the molecule is OP(OP)OP. The average Bonchev–Trinajstić information content (AvgIpc) is 1.65. The van der Waals surface area contributed by atoms with E-state index in [1.807, 2.05) is 18.9 Å². The Morgan fingerprint density at radius 2 is 1.67 bits per heavy atom. The van der Waals surface area contributed by atoms with Crippen LogP contribution >= 0.6 is 27.5 Å². The molecule has 38 valence electrons. The minimum Gasteiger partial charge on any atom is -0.328 e. The van der Waals surface area contributed by atoms with E-state index in [9.17, 15) is 0 Å². The molecule has 0 aliphatic rings. The minimum absolute atomic E-state index is 1.65. The lowest BCUT2D eigenvalue weighted by atomic mass is 15.8. The molecule has 0 saturated heterocycles. The summed E-state index contributed by atoms with van der Waals surface area (Å²) >= 11 is 0. The summed E-state index contributed by atoms with van der Waals surface area (Å²) in [5.41, 5.74) is 0. The molecule has 6 heavy (non-hydrogen) atoms. The van der Waals surface area contributed by atoms with E-state index in [4.69, 9.17) is 4.89 Å². The number of rotatable bonds is 2. The van der Waals surface area contributed by atoms with Gasteiger partial charge in [-0.25, -0.2) is 0 Å². The van der Waals surface area contributed by atoms with Gasteiger partial charge in [0.15, 0.2) is 0 Å². The molecule has 0 aromatic heterocycles. The maximum Gasteiger partial charge on any atom is 0.335 e. The van der Waals surface area contributed by atoms with Crippen molar-refractivity contribution in [3.8, 4) is 0 Å². The van der Waals surface area contributed by atoms with Crippen LogP contribution in [0.2, 0.25) is 0 Å². The third-order valence-electron chi connectivity index (χ3n) is 0.180. The van der Waals surface area contributed by atoms with Crippen molar-refractivity contribution in [2.75, 3.05) is 0 Å². The maximum absolute atomic E-state index is 8.25. The van der Waals surface area contributed by atoms with Crippen LogP contribution in [0.4, 0.5) is 0 Å². The first-order valence-corrected chi connectivity index (χ1v) is 3.11. The van der Waals surface area contributed by atoms with Crippen LogP contribution in [0, 0.1) is 0 Å². The molecule has 2 atom stereocenters. The van der Waals surface area contributed by atoms with Gasteiger partial charge in [-0.15, -0.1) is 0 Å². The summed E-state index contributed by atoms with van der Waals surface area (Å²) in [6.45, 7) is 0. The summed E-state index contributed by atoms with van der Waals surface area (Å²) in [5.74, 6) is 0. The Morgan fingerprint density at radius 1 is 1.33 bits per heavy atom. The molecule has 3 nitrogen and oxygen atoms in total. The molecule has 0 radical (unpaired) electrons. The molecule has 1 N–H and O–H groups in total. The fourth-order valence-corrected chi connectivity index (χ4v) is 0.671. The highest BCUT2D eigenvalue weighted by Crippen LogP contribution is 2.37. The Bertz CT molecular complexity index is 25.2. The molecule has 6 heteroatoms. The first-order chi connectivity index (χ1) is 2.81. The molecule has 0 spiro atoms. The van der Waals surface area contributed by atoms with E-state index in [-0.39, 0.29) is 0 Å². The molecular formula is H5O3P3. The standard InChI is InChI=1S/H5O3P3/c1-6(2-4)3-5/h1H,4-5H2. The van der Waals surface area contributed by atoms with Crippen molar-refractivity contribution >= 4 is 27.5 Å². The second-order valence-electron chi connectivity index (χ2n) is 0.449. The maximum atomic E-state index is 8.25. The zero-order valence-electron chi connectivity index (χ0n) is 2.87. The fraction of sp³-hybridized carbons (Fsp3) is 0. The van der Waals surface area contributed by atoms with Crippen molar-refractivity contribution in [1.82, 2.24) is 0 Å². The van der Waals surface area contributed by atoms with Crippen LogP contribution in [-0.4, -0.2) is 4.89 Å². The predicted molar refractivity (Wildman–Crippen MR) is 30.7 cm³/mol. The smallest absolute Gasteiger partial charge is 0.328 e. The van der Waals surface area contributed by atoms with E-state index >= 15 is 0 Å². The molecule has 0 aromatic rings. The minimum atomic E-state index is -1.65. The summed E-state index contributed by atoms with van der Waals surface area (Å²) in [5, 5.41) is 0. The van der Waals surface area contributed by atoms with Crippen molar-refractivity contribution in [3.63, 3.8) is 0 Å². The molecule has 2 unspecified atom stereocenters.